The van der Waals surface area contributed by atoms with E-state index < -0.39 is 5.91 Å². The summed E-state index contributed by atoms with van der Waals surface area (Å²) >= 11 is 0. The predicted molar refractivity (Wildman–Crippen MR) is 73.4 cm³/mol. The molecule has 2 aromatic rings. The van der Waals surface area contributed by atoms with Gasteiger partial charge in [0.05, 0.1) is 12.8 Å². The Hall–Kier alpha value is -2.27. The molecular weight excluding hydrogens is 256 g/mol. The molecule has 1 aromatic carbocycles. The van der Waals surface area contributed by atoms with Gasteiger partial charge in [-0.2, -0.15) is 0 Å². The molecule has 1 atom stereocenters. The molecule has 0 saturated carbocycles. The number of carbonyl (C=O) groups is 1. The van der Waals surface area contributed by atoms with Crippen LogP contribution >= 0.6 is 0 Å². The van der Waals surface area contributed by atoms with Gasteiger partial charge in [0.15, 0.2) is 0 Å². The van der Waals surface area contributed by atoms with Gasteiger partial charge in [0.1, 0.15) is 17.6 Å². The summed E-state index contributed by atoms with van der Waals surface area (Å²) in [5.41, 5.74) is 6.78. The third-order valence-corrected chi connectivity index (χ3v) is 3.43. The molecule has 1 amide bonds. The van der Waals surface area contributed by atoms with E-state index in [-0.39, 0.29) is 6.10 Å². The smallest absolute Gasteiger partial charge is 0.248 e. The number of furan rings is 1. The van der Waals surface area contributed by atoms with Gasteiger partial charge < -0.3 is 14.9 Å². The largest absolute Gasteiger partial charge is 0.484 e. The van der Waals surface area contributed by atoms with Crippen molar-refractivity contribution in [2.75, 3.05) is 13.6 Å². The van der Waals surface area contributed by atoms with Crippen LogP contribution in [0.5, 0.6) is 5.75 Å². The van der Waals surface area contributed by atoms with Crippen LogP contribution in [0.25, 0.3) is 0 Å². The minimum atomic E-state index is -0.439. The number of carbonyl (C=O) groups excluding carboxylic acids is 1. The number of fused-ring (bicyclic) bond motifs is 1. The van der Waals surface area contributed by atoms with Crippen molar-refractivity contribution >= 4 is 5.91 Å². The minimum Gasteiger partial charge on any atom is -0.484 e. The Morgan fingerprint density at radius 3 is 2.80 bits per heavy atom. The number of ether oxygens (including phenoxy) is 1. The first-order valence-electron chi connectivity index (χ1n) is 6.45. The van der Waals surface area contributed by atoms with E-state index in [1.807, 2.05) is 13.1 Å². The summed E-state index contributed by atoms with van der Waals surface area (Å²) in [7, 11) is 2.03. The molecule has 0 saturated heterocycles. The number of benzene rings is 1. The van der Waals surface area contributed by atoms with Crippen molar-refractivity contribution in [1.29, 1.82) is 0 Å². The highest BCUT2D eigenvalue weighted by Gasteiger charge is 2.27. The van der Waals surface area contributed by atoms with Crippen molar-refractivity contribution in [2.24, 2.45) is 5.73 Å². The van der Waals surface area contributed by atoms with E-state index in [1.165, 1.54) is 0 Å². The van der Waals surface area contributed by atoms with Crippen LogP contribution < -0.4 is 10.5 Å². The minimum absolute atomic E-state index is 0.0677. The lowest BCUT2D eigenvalue weighted by Gasteiger charge is -2.29. The topological polar surface area (TPSA) is 68.7 Å². The number of amides is 1. The van der Waals surface area contributed by atoms with Crippen LogP contribution in [0.4, 0.5) is 0 Å². The highest BCUT2D eigenvalue weighted by molar-refractivity contribution is 5.92. The summed E-state index contributed by atoms with van der Waals surface area (Å²) in [4.78, 5) is 13.2. The van der Waals surface area contributed by atoms with Gasteiger partial charge in [-0.05, 0) is 37.4 Å². The second kappa shape index (κ2) is 5.02. The Morgan fingerprint density at radius 2 is 2.10 bits per heavy atom. The maximum Gasteiger partial charge on any atom is 0.248 e. The first-order valence-corrected chi connectivity index (χ1v) is 6.45. The van der Waals surface area contributed by atoms with Crippen LogP contribution in [0.1, 0.15) is 27.8 Å². The fraction of sp³-hybridized carbons (Fsp3) is 0.267. The van der Waals surface area contributed by atoms with Crippen LogP contribution in [0.2, 0.25) is 0 Å². The first kappa shape index (κ1) is 12.7. The van der Waals surface area contributed by atoms with Gasteiger partial charge >= 0.3 is 0 Å². The Morgan fingerprint density at radius 1 is 1.35 bits per heavy atom. The third-order valence-electron chi connectivity index (χ3n) is 3.43. The van der Waals surface area contributed by atoms with E-state index in [4.69, 9.17) is 14.9 Å². The van der Waals surface area contributed by atoms with E-state index in [9.17, 15) is 4.79 Å². The molecular formula is C15H16N2O3. The van der Waals surface area contributed by atoms with Gasteiger partial charge in [0, 0.05) is 17.7 Å². The average Bonchev–Trinajstić information content (AvgIpc) is 2.87. The standard InChI is InChI=1S/C15H16N2O3/c1-17-8-13-12(6-7-19-13)14(9-17)20-11-4-2-10(3-5-11)15(16)18/h2-7,14H,8-9H2,1H3,(H2,16,18). The molecule has 2 heterocycles. The molecule has 0 fully saturated rings. The molecule has 1 aliphatic heterocycles. The summed E-state index contributed by atoms with van der Waals surface area (Å²) in [6.45, 7) is 1.59. The molecule has 3 rings (SSSR count). The Bertz CT molecular complexity index is 618. The number of nitrogens with zero attached hydrogens (tertiary/aromatic N) is 1. The first-order chi connectivity index (χ1) is 9.63. The molecule has 0 radical (unpaired) electrons. The number of likely N-dealkylation sites (N-methyl/N-ethyl adjacent to an activating group) is 1. The van der Waals surface area contributed by atoms with E-state index >= 15 is 0 Å². The van der Waals surface area contributed by atoms with Crippen LogP contribution in [-0.4, -0.2) is 24.4 Å². The Kier molecular flexibility index (Phi) is 3.20. The molecule has 1 unspecified atom stereocenters. The summed E-state index contributed by atoms with van der Waals surface area (Å²) in [5, 5.41) is 0. The maximum absolute atomic E-state index is 11.0. The molecule has 0 spiro atoms. The number of nitrogens with two attached hydrogens (primary N) is 1. The van der Waals surface area contributed by atoms with E-state index in [0.29, 0.717) is 11.3 Å². The van der Waals surface area contributed by atoms with E-state index in [1.54, 1.807) is 30.5 Å². The molecule has 5 heteroatoms. The SMILES string of the molecule is CN1Cc2occc2C(Oc2ccc(C(N)=O)cc2)C1. The molecule has 5 nitrogen and oxygen atoms in total. The lowest BCUT2D eigenvalue weighted by molar-refractivity contribution is 0.1000. The normalized spacial score (nSPS) is 18.6. The maximum atomic E-state index is 11.0. The predicted octanol–water partition coefficient (Wildman–Crippen LogP) is 1.94. The molecule has 1 aliphatic rings. The number of hydrogen-bond donors (Lipinski definition) is 1. The zero-order chi connectivity index (χ0) is 14.1. The zero-order valence-corrected chi connectivity index (χ0v) is 11.2. The molecule has 104 valence electrons. The van der Waals surface area contributed by atoms with E-state index in [0.717, 1.165) is 24.4 Å². The fourth-order valence-electron chi connectivity index (χ4n) is 2.42. The summed E-state index contributed by atoms with van der Waals surface area (Å²) in [6.07, 6.45) is 1.62. The Labute approximate surface area is 116 Å². The van der Waals surface area contributed by atoms with Crippen LogP contribution in [-0.2, 0) is 6.54 Å². The van der Waals surface area contributed by atoms with Gasteiger partial charge in [0.25, 0.3) is 0 Å². The van der Waals surface area contributed by atoms with Crippen LogP contribution in [0, 0.1) is 0 Å². The molecule has 20 heavy (non-hydrogen) atoms. The molecule has 0 aliphatic carbocycles. The fourth-order valence-corrected chi connectivity index (χ4v) is 2.42. The van der Waals surface area contributed by atoms with Gasteiger partial charge in [-0.3, -0.25) is 9.69 Å². The highest BCUT2D eigenvalue weighted by atomic mass is 16.5. The second-order valence-corrected chi connectivity index (χ2v) is 4.99. The lowest BCUT2D eigenvalue weighted by Crippen LogP contribution is -2.32. The summed E-state index contributed by atoms with van der Waals surface area (Å²) < 4.78 is 11.5. The van der Waals surface area contributed by atoms with Crippen molar-refractivity contribution in [3.8, 4) is 5.75 Å². The lowest BCUT2D eigenvalue weighted by atomic mass is 10.1. The van der Waals surface area contributed by atoms with Crippen molar-refractivity contribution in [1.82, 2.24) is 4.90 Å². The zero-order valence-electron chi connectivity index (χ0n) is 11.2. The average molecular weight is 272 g/mol. The summed E-state index contributed by atoms with van der Waals surface area (Å²) in [6, 6.07) is 8.80. The van der Waals surface area contributed by atoms with Gasteiger partial charge in [-0.1, -0.05) is 0 Å². The highest BCUT2D eigenvalue weighted by Crippen LogP contribution is 2.30. The van der Waals surface area contributed by atoms with Crippen LogP contribution in [0.3, 0.4) is 0 Å². The molecule has 2 N–H and O–H groups in total. The second-order valence-electron chi connectivity index (χ2n) is 4.99. The van der Waals surface area contributed by atoms with Gasteiger partial charge in [-0.15, -0.1) is 0 Å². The van der Waals surface area contributed by atoms with Crippen molar-refractivity contribution in [2.45, 2.75) is 12.6 Å². The third kappa shape index (κ3) is 2.40. The Balaban J connectivity index is 1.80. The number of primary amides is 1. The quantitative estimate of drug-likeness (QED) is 0.927. The van der Waals surface area contributed by atoms with Crippen LogP contribution in [0.15, 0.2) is 41.0 Å². The van der Waals surface area contributed by atoms with Gasteiger partial charge in [-0.25, -0.2) is 0 Å². The van der Waals surface area contributed by atoms with Gasteiger partial charge in [0.2, 0.25) is 5.91 Å². The van der Waals surface area contributed by atoms with Crippen molar-refractivity contribution in [3.63, 3.8) is 0 Å². The molecule has 0 bridgehead atoms. The number of rotatable bonds is 3. The van der Waals surface area contributed by atoms with Crippen molar-refractivity contribution in [3.05, 3.63) is 53.5 Å². The van der Waals surface area contributed by atoms with E-state index in [2.05, 4.69) is 4.90 Å². The van der Waals surface area contributed by atoms with Crippen molar-refractivity contribution < 1.29 is 13.9 Å². The monoisotopic (exact) mass is 272 g/mol. The summed E-state index contributed by atoms with van der Waals surface area (Å²) in [5.74, 6) is 1.21. The number of hydrogen-bond acceptors (Lipinski definition) is 4. The molecule has 1 aromatic heterocycles.